The second-order valence-electron chi connectivity index (χ2n) is 4.93. The van der Waals surface area contributed by atoms with Crippen molar-refractivity contribution in [2.75, 3.05) is 13.1 Å². The molecule has 4 nitrogen and oxygen atoms in total. The molecular formula is C15H15FN2O2S. The monoisotopic (exact) mass is 306 g/mol. The third-order valence-corrected chi connectivity index (χ3v) is 4.11. The second-order valence-corrected chi connectivity index (χ2v) is 5.79. The number of nitrogens with zero attached hydrogens (tertiary/aromatic N) is 2. The summed E-state index contributed by atoms with van der Waals surface area (Å²) in [5, 5.41) is 2.49. The lowest BCUT2D eigenvalue weighted by molar-refractivity contribution is -0.139. The summed E-state index contributed by atoms with van der Waals surface area (Å²) in [6, 6.07) is 6.56. The van der Waals surface area contributed by atoms with Crippen LogP contribution in [0.15, 0.2) is 35.8 Å². The number of likely N-dealkylation sites (tertiary alicyclic amines) is 1. The highest BCUT2D eigenvalue weighted by atomic mass is 32.1. The van der Waals surface area contributed by atoms with Crippen LogP contribution in [0, 0.1) is 5.82 Å². The summed E-state index contributed by atoms with van der Waals surface area (Å²) in [7, 11) is 0. The van der Waals surface area contributed by atoms with Crippen LogP contribution in [0.2, 0.25) is 0 Å². The molecule has 1 fully saturated rings. The summed E-state index contributed by atoms with van der Waals surface area (Å²) in [5.41, 5.74) is 0.585. The molecule has 0 atom stereocenters. The summed E-state index contributed by atoms with van der Waals surface area (Å²) in [4.78, 5) is 17.8. The molecule has 1 aliphatic heterocycles. The van der Waals surface area contributed by atoms with E-state index in [4.69, 9.17) is 4.74 Å². The molecule has 0 aliphatic carbocycles. The van der Waals surface area contributed by atoms with Crippen LogP contribution in [0.1, 0.15) is 12.0 Å². The molecule has 2 heterocycles. The summed E-state index contributed by atoms with van der Waals surface area (Å²) in [6.45, 7) is 1.16. The average molecular weight is 306 g/mol. The fraction of sp³-hybridized carbons (Fsp3) is 0.333. The standard InChI is InChI=1S/C15H15FN2O2S/c16-13-4-2-1-3-11(13)5-6-14(19)18-9-12(10-18)20-15-17-7-8-21-15/h1-4,7-8,12H,5-6,9-10H2. The summed E-state index contributed by atoms with van der Waals surface area (Å²) < 4.78 is 19.1. The number of rotatable bonds is 5. The van der Waals surface area contributed by atoms with Crippen molar-refractivity contribution in [3.05, 3.63) is 47.2 Å². The van der Waals surface area contributed by atoms with Crippen LogP contribution in [0.25, 0.3) is 0 Å². The number of aromatic nitrogens is 1. The SMILES string of the molecule is O=C(CCc1ccccc1F)N1CC(Oc2nccs2)C1. The van der Waals surface area contributed by atoms with Gasteiger partial charge in [-0.25, -0.2) is 9.37 Å². The van der Waals surface area contributed by atoms with Crippen LogP contribution >= 0.6 is 11.3 Å². The zero-order chi connectivity index (χ0) is 14.7. The molecule has 3 rings (SSSR count). The number of hydrogen-bond acceptors (Lipinski definition) is 4. The smallest absolute Gasteiger partial charge is 0.273 e. The zero-order valence-corrected chi connectivity index (χ0v) is 12.2. The maximum atomic E-state index is 13.5. The predicted octanol–water partition coefficient (Wildman–Crippen LogP) is 2.50. The molecule has 1 saturated heterocycles. The van der Waals surface area contributed by atoms with Crippen LogP contribution < -0.4 is 4.74 Å². The van der Waals surface area contributed by atoms with Gasteiger partial charge in [-0.05, 0) is 18.1 Å². The Labute approximate surface area is 126 Å². The number of hydrogen-bond donors (Lipinski definition) is 0. The molecule has 0 saturated carbocycles. The molecule has 1 amide bonds. The average Bonchev–Trinajstić information content (AvgIpc) is 2.94. The van der Waals surface area contributed by atoms with E-state index in [-0.39, 0.29) is 17.8 Å². The largest absolute Gasteiger partial charge is 0.463 e. The van der Waals surface area contributed by atoms with Crippen molar-refractivity contribution >= 4 is 17.2 Å². The van der Waals surface area contributed by atoms with Gasteiger partial charge in [0, 0.05) is 18.0 Å². The van der Waals surface area contributed by atoms with Gasteiger partial charge in [0.15, 0.2) is 0 Å². The lowest BCUT2D eigenvalue weighted by atomic mass is 10.1. The predicted molar refractivity (Wildman–Crippen MR) is 77.8 cm³/mol. The fourth-order valence-electron chi connectivity index (χ4n) is 2.23. The van der Waals surface area contributed by atoms with Crippen LogP contribution in [0.5, 0.6) is 5.19 Å². The third kappa shape index (κ3) is 3.39. The van der Waals surface area contributed by atoms with E-state index < -0.39 is 0 Å². The van der Waals surface area contributed by atoms with Crippen molar-refractivity contribution in [3.63, 3.8) is 0 Å². The molecule has 0 bridgehead atoms. The fourth-order valence-corrected chi connectivity index (χ4v) is 2.78. The molecule has 0 spiro atoms. The number of carbonyl (C=O) groups excluding carboxylic acids is 1. The molecule has 2 aromatic rings. The minimum Gasteiger partial charge on any atom is -0.463 e. The zero-order valence-electron chi connectivity index (χ0n) is 11.4. The molecule has 0 N–H and O–H groups in total. The van der Waals surface area contributed by atoms with Gasteiger partial charge in [-0.1, -0.05) is 29.5 Å². The number of benzene rings is 1. The highest BCUT2D eigenvalue weighted by Gasteiger charge is 2.32. The van der Waals surface area contributed by atoms with Gasteiger partial charge in [-0.2, -0.15) is 0 Å². The Hall–Kier alpha value is -1.95. The normalized spacial score (nSPS) is 14.8. The van der Waals surface area contributed by atoms with Crippen LogP contribution in [-0.2, 0) is 11.2 Å². The van der Waals surface area contributed by atoms with Crippen molar-refractivity contribution in [1.29, 1.82) is 0 Å². The van der Waals surface area contributed by atoms with Gasteiger partial charge in [0.1, 0.15) is 11.9 Å². The summed E-state index contributed by atoms with van der Waals surface area (Å²) in [5.74, 6) is -0.212. The minimum atomic E-state index is -0.251. The van der Waals surface area contributed by atoms with Gasteiger partial charge in [0.2, 0.25) is 5.91 Å². The Kier molecular flexibility index (Phi) is 4.15. The molecule has 21 heavy (non-hydrogen) atoms. The number of ether oxygens (including phenoxy) is 1. The third-order valence-electron chi connectivity index (χ3n) is 3.44. The maximum Gasteiger partial charge on any atom is 0.273 e. The Balaban J connectivity index is 1.42. The van der Waals surface area contributed by atoms with Crippen molar-refractivity contribution in [2.45, 2.75) is 18.9 Å². The van der Waals surface area contributed by atoms with E-state index in [1.165, 1.54) is 17.4 Å². The summed E-state index contributed by atoms with van der Waals surface area (Å²) in [6.07, 6.45) is 2.47. The van der Waals surface area contributed by atoms with Gasteiger partial charge in [0.05, 0.1) is 13.1 Å². The van der Waals surface area contributed by atoms with Gasteiger partial charge in [0.25, 0.3) is 5.19 Å². The first-order valence-electron chi connectivity index (χ1n) is 6.79. The molecule has 1 aliphatic rings. The number of aryl methyl sites for hydroxylation is 1. The first kappa shape index (κ1) is 14.0. The molecule has 1 aromatic heterocycles. The Morgan fingerprint density at radius 1 is 1.43 bits per heavy atom. The van der Waals surface area contributed by atoms with E-state index in [0.29, 0.717) is 36.7 Å². The van der Waals surface area contributed by atoms with E-state index in [1.54, 1.807) is 29.3 Å². The molecule has 110 valence electrons. The summed E-state index contributed by atoms with van der Waals surface area (Å²) >= 11 is 1.44. The van der Waals surface area contributed by atoms with E-state index in [2.05, 4.69) is 4.98 Å². The molecule has 6 heteroatoms. The van der Waals surface area contributed by atoms with Crippen molar-refractivity contribution < 1.29 is 13.9 Å². The maximum absolute atomic E-state index is 13.5. The molecule has 0 radical (unpaired) electrons. The van der Waals surface area contributed by atoms with Crippen molar-refractivity contribution in [1.82, 2.24) is 9.88 Å². The second kappa shape index (κ2) is 6.22. The Morgan fingerprint density at radius 3 is 2.95 bits per heavy atom. The molecule has 0 unspecified atom stereocenters. The van der Waals surface area contributed by atoms with Crippen LogP contribution in [0.4, 0.5) is 4.39 Å². The number of thiazole rings is 1. The van der Waals surface area contributed by atoms with Crippen molar-refractivity contribution in [2.24, 2.45) is 0 Å². The number of amides is 1. The van der Waals surface area contributed by atoms with Gasteiger partial charge < -0.3 is 9.64 Å². The van der Waals surface area contributed by atoms with E-state index in [0.717, 1.165) is 0 Å². The van der Waals surface area contributed by atoms with Crippen LogP contribution in [0.3, 0.4) is 0 Å². The van der Waals surface area contributed by atoms with Gasteiger partial charge in [-0.3, -0.25) is 4.79 Å². The lowest BCUT2D eigenvalue weighted by Crippen LogP contribution is -2.56. The minimum absolute atomic E-state index is 0.0218. The van der Waals surface area contributed by atoms with E-state index in [1.807, 2.05) is 5.38 Å². The highest BCUT2D eigenvalue weighted by molar-refractivity contribution is 7.11. The Morgan fingerprint density at radius 2 is 2.24 bits per heavy atom. The first-order valence-corrected chi connectivity index (χ1v) is 7.67. The Bertz CT molecular complexity index is 612. The van der Waals surface area contributed by atoms with E-state index >= 15 is 0 Å². The quantitative estimate of drug-likeness (QED) is 0.852. The van der Waals surface area contributed by atoms with Crippen LogP contribution in [-0.4, -0.2) is 35.0 Å². The number of carbonyl (C=O) groups is 1. The van der Waals surface area contributed by atoms with E-state index in [9.17, 15) is 9.18 Å². The lowest BCUT2D eigenvalue weighted by Gasteiger charge is -2.38. The highest BCUT2D eigenvalue weighted by Crippen LogP contribution is 2.21. The first-order chi connectivity index (χ1) is 10.2. The topological polar surface area (TPSA) is 42.4 Å². The molecule has 1 aromatic carbocycles. The van der Waals surface area contributed by atoms with Gasteiger partial charge in [-0.15, -0.1) is 0 Å². The van der Waals surface area contributed by atoms with Crippen molar-refractivity contribution in [3.8, 4) is 5.19 Å². The number of halogens is 1. The van der Waals surface area contributed by atoms with Gasteiger partial charge >= 0.3 is 0 Å². The molecular weight excluding hydrogens is 291 g/mol.